The van der Waals surface area contributed by atoms with E-state index in [0.717, 1.165) is 17.6 Å². The molecule has 0 radical (unpaired) electrons. The molecule has 0 aliphatic carbocycles. The number of carbonyl (C=O) groups is 2. The molecular weight excluding hydrogens is 730 g/mol. The summed E-state index contributed by atoms with van der Waals surface area (Å²) >= 11 is 0.757. The van der Waals surface area contributed by atoms with Gasteiger partial charge in [-0.05, 0) is 25.0 Å². The van der Waals surface area contributed by atoms with E-state index in [1.54, 1.807) is 17.0 Å². The second kappa shape index (κ2) is 17.3. The Labute approximate surface area is 343 Å². The number of hydrogen-bond acceptors (Lipinski definition) is 15. The number of methoxy groups -OCH3 is 2. The number of anilines is 2. The van der Waals surface area contributed by atoms with E-state index in [1.165, 1.54) is 31.3 Å². The molecule has 4 aliphatic rings. The Morgan fingerprint density at radius 2 is 1.31 bits per heavy atom. The number of ether oxygens (including phenoxy) is 4. The minimum atomic E-state index is -4.85. The van der Waals surface area contributed by atoms with E-state index in [2.05, 4.69) is 33.2 Å². The van der Waals surface area contributed by atoms with Crippen LogP contribution in [0.5, 0.6) is 23.0 Å². The van der Waals surface area contributed by atoms with Crippen molar-refractivity contribution in [2.75, 3.05) is 51.2 Å². The number of rotatable bonds is 12. The fourth-order valence-electron chi connectivity index (χ4n) is 6.54. The van der Waals surface area contributed by atoms with Crippen molar-refractivity contribution in [1.29, 1.82) is 0 Å². The van der Waals surface area contributed by atoms with Crippen LogP contribution < -0.4 is 94.0 Å². The first-order chi connectivity index (χ1) is 23.4. The molecule has 2 aromatic carbocycles. The maximum atomic E-state index is 13.5. The molecule has 6 rings (SSSR count). The van der Waals surface area contributed by atoms with Crippen molar-refractivity contribution < 1.29 is 115 Å². The Hall–Kier alpha value is -2.20. The Morgan fingerprint density at radius 1 is 0.824 bits per heavy atom. The largest absolute Gasteiger partial charge is 1.00 e. The van der Waals surface area contributed by atoms with Crippen LogP contribution in [0.25, 0.3) is 0 Å². The van der Waals surface area contributed by atoms with Crippen molar-refractivity contribution in [3.63, 3.8) is 0 Å². The van der Waals surface area contributed by atoms with Crippen LogP contribution in [-0.2, 0) is 19.5 Å². The molecule has 4 atom stereocenters. The average molecular weight is 765 g/mol. The van der Waals surface area contributed by atoms with Crippen LogP contribution in [0.2, 0.25) is 0 Å². The average Bonchev–Trinajstić information content (AvgIpc) is 3.60. The summed E-state index contributed by atoms with van der Waals surface area (Å²) in [5, 5.41) is 18.0. The van der Waals surface area contributed by atoms with Gasteiger partial charge in [-0.1, -0.05) is 24.3 Å². The summed E-state index contributed by atoms with van der Waals surface area (Å²) in [7, 11) is -1.99. The topological polar surface area (TPSA) is 200 Å². The number of fused-ring (bicyclic) bond motifs is 4. The number of hydrogen-bond donors (Lipinski definition) is 2. The zero-order valence-corrected chi connectivity index (χ0v) is 34.2. The summed E-state index contributed by atoms with van der Waals surface area (Å²) in [6.45, 7) is 8.65. The first-order valence-electron chi connectivity index (χ1n) is 15.2. The predicted octanol–water partition coefficient (Wildman–Crippen LogP) is -3.98. The monoisotopic (exact) mass is 764 g/mol. The molecule has 2 amide bonds. The molecule has 16 nitrogen and oxygen atoms in total. The van der Waals surface area contributed by atoms with E-state index in [1.807, 2.05) is 0 Å². The number of nitrogens with one attached hydrogen (secondary N) is 2. The van der Waals surface area contributed by atoms with E-state index in [9.17, 15) is 27.8 Å². The predicted molar refractivity (Wildman–Crippen MR) is 173 cm³/mol. The van der Waals surface area contributed by atoms with Gasteiger partial charge in [0.1, 0.15) is 20.9 Å². The van der Waals surface area contributed by atoms with Crippen LogP contribution in [0.3, 0.4) is 0 Å². The Morgan fingerprint density at radius 3 is 1.80 bits per heavy atom. The molecule has 0 aromatic heterocycles. The van der Waals surface area contributed by atoms with Gasteiger partial charge >= 0.3 is 59.1 Å². The van der Waals surface area contributed by atoms with Gasteiger partial charge in [-0.2, -0.15) is 4.33 Å². The van der Waals surface area contributed by atoms with Crippen molar-refractivity contribution in [3.8, 4) is 23.0 Å². The zero-order valence-electron chi connectivity index (χ0n) is 28.6. The van der Waals surface area contributed by atoms with Crippen molar-refractivity contribution in [3.05, 3.63) is 59.7 Å². The van der Waals surface area contributed by atoms with E-state index >= 15 is 0 Å². The molecule has 51 heavy (non-hydrogen) atoms. The molecule has 2 N–H and O–H groups in total. The van der Waals surface area contributed by atoms with Crippen LogP contribution in [0.1, 0.15) is 40.0 Å². The van der Waals surface area contributed by atoms with Crippen molar-refractivity contribution >= 4 is 45.4 Å². The van der Waals surface area contributed by atoms with Gasteiger partial charge in [-0.3, -0.25) is 14.6 Å². The molecule has 264 valence electrons. The smallest absolute Gasteiger partial charge is 0.746 e. The summed E-state index contributed by atoms with van der Waals surface area (Å²) in [5.74, 6) is 0.422. The third kappa shape index (κ3) is 8.63. The Bertz CT molecular complexity index is 1800. The minimum absolute atomic E-state index is 0. The van der Waals surface area contributed by atoms with Crippen molar-refractivity contribution in [2.24, 2.45) is 0 Å². The van der Waals surface area contributed by atoms with E-state index in [4.69, 9.17) is 18.9 Å². The molecule has 20 heteroatoms. The van der Waals surface area contributed by atoms with Crippen LogP contribution in [0.15, 0.2) is 48.6 Å². The number of carbonyl (C=O) groups excluding carboxylic acids is 2. The molecule has 0 bridgehead atoms. The molecule has 2 aromatic rings. The molecule has 1 unspecified atom stereocenters. The third-order valence-electron chi connectivity index (χ3n) is 8.75. The van der Waals surface area contributed by atoms with E-state index < -0.39 is 32.8 Å². The second-order valence-corrected chi connectivity index (χ2v) is 14.2. The van der Waals surface area contributed by atoms with Crippen LogP contribution in [0.4, 0.5) is 11.4 Å². The fraction of sp³-hybridized carbons (Fsp3) is 0.419. The summed E-state index contributed by atoms with van der Waals surface area (Å²) in [4.78, 5) is 29.9. The summed E-state index contributed by atoms with van der Waals surface area (Å²) < 4.78 is 64.3. The SMILES string of the molecule is C=C1C[C@H]2C(S(=O)(=O)[O-])Nc3cc(OCCCOc4cc5c(cc4OC)C(=O)N4CC(=C)C[C@H]4[C@H](SOO[O-])N5)c(OC)cc3C(=O)N2C1.[Na+].[Na+]. The number of benzene rings is 2. The van der Waals surface area contributed by atoms with Gasteiger partial charge in [0.05, 0.1) is 74.1 Å². The van der Waals surface area contributed by atoms with Gasteiger partial charge in [-0.15, -0.1) is 0 Å². The second-order valence-electron chi connectivity index (χ2n) is 11.9. The normalized spacial score (nSPS) is 22.1. The maximum absolute atomic E-state index is 13.5. The number of amides is 2. The number of nitrogens with zero attached hydrogens (tertiary/aromatic N) is 2. The van der Waals surface area contributed by atoms with Crippen LogP contribution in [-0.4, -0.2) is 97.9 Å². The van der Waals surface area contributed by atoms with Crippen molar-refractivity contribution in [1.82, 2.24) is 9.80 Å². The fourth-order valence-corrected chi connectivity index (χ4v) is 8.11. The Kier molecular flexibility index (Phi) is 14.1. The Balaban J connectivity index is 0.00000292. The molecule has 4 aliphatic heterocycles. The quantitative estimate of drug-likeness (QED) is 0.0403. The first-order valence-corrected chi connectivity index (χ1v) is 17.5. The first kappa shape index (κ1) is 41.6. The van der Waals surface area contributed by atoms with Gasteiger partial charge < -0.3 is 49.2 Å². The van der Waals surface area contributed by atoms with Crippen LogP contribution in [0, 0.1) is 0 Å². The van der Waals surface area contributed by atoms with Gasteiger partial charge in [-0.25, -0.2) is 8.42 Å². The molecular formula is C31H34N4Na2O12S2. The summed E-state index contributed by atoms with van der Waals surface area (Å²) in [6, 6.07) is 4.86. The van der Waals surface area contributed by atoms with Gasteiger partial charge in [0.2, 0.25) is 0 Å². The zero-order chi connectivity index (χ0) is 35.0. The molecule has 4 heterocycles. The molecule has 0 saturated carbocycles. The van der Waals surface area contributed by atoms with Gasteiger partial charge in [0, 0.05) is 31.6 Å². The van der Waals surface area contributed by atoms with E-state index in [0.29, 0.717) is 47.7 Å². The molecule has 2 saturated heterocycles. The third-order valence-corrected chi connectivity index (χ3v) is 10.6. The van der Waals surface area contributed by atoms with Gasteiger partial charge in [0.25, 0.3) is 11.8 Å². The standard InChI is InChI=1S/C31H36N4O12S2.2Na/c1-16-8-22-28(48-47-46-38)32-20-12-26(24(42-3)10-18(20)30(36)34(22)14-16)44-6-5-7-45-27-13-21-19(11-25(27)43-4)31(37)35-15-17(2)9-23(35)29(33-21)49(39,40)41;;/h10-13,22-23,28-29,32-33,38H,1-2,5-9,14-15H2,3-4H3,(H,39,40,41);;/q;2*+1/p-2/t22-,23-,28-,29?;;/m0../s1. The van der Waals surface area contributed by atoms with E-state index in [-0.39, 0.29) is 120 Å². The summed E-state index contributed by atoms with van der Waals surface area (Å²) in [6.07, 6.45) is 1.06. The van der Waals surface area contributed by atoms with Gasteiger partial charge in [0.15, 0.2) is 23.0 Å². The van der Waals surface area contributed by atoms with Crippen LogP contribution >= 0.6 is 12.0 Å². The minimum Gasteiger partial charge on any atom is -0.746 e. The molecule has 2 fully saturated rings. The van der Waals surface area contributed by atoms with Crippen molar-refractivity contribution in [2.45, 2.75) is 42.1 Å². The summed E-state index contributed by atoms with van der Waals surface area (Å²) in [5.41, 5.74) is 2.58. The molecule has 0 spiro atoms. The maximum Gasteiger partial charge on any atom is 1.00 e.